The number of aryl methyl sites for hydroxylation is 2. The van der Waals surface area contributed by atoms with E-state index in [1.54, 1.807) is 19.1 Å². The Labute approximate surface area is 149 Å². The highest BCUT2D eigenvalue weighted by atomic mass is 32.2. The van der Waals surface area contributed by atoms with E-state index in [0.717, 1.165) is 15.4 Å². The Bertz CT molecular complexity index is 863. The van der Waals surface area contributed by atoms with Gasteiger partial charge in [-0.25, -0.2) is 16.8 Å². The third-order valence-corrected chi connectivity index (χ3v) is 8.07. The molecule has 1 amide bonds. The fourth-order valence-corrected chi connectivity index (χ4v) is 5.90. The third kappa shape index (κ3) is 4.80. The summed E-state index contributed by atoms with van der Waals surface area (Å²) in [6, 6.07) is 4.41. The first kappa shape index (κ1) is 19.9. The smallest absolute Gasteiger partial charge is 0.243 e. The number of sulfone groups is 1. The lowest BCUT2D eigenvalue weighted by molar-refractivity contribution is -0.121. The molecule has 1 atom stereocenters. The molecule has 1 saturated heterocycles. The maximum Gasteiger partial charge on any atom is 0.243 e. The molecule has 9 heteroatoms. The van der Waals surface area contributed by atoms with Crippen LogP contribution in [0.25, 0.3) is 0 Å². The van der Waals surface area contributed by atoms with Crippen LogP contribution in [0.3, 0.4) is 0 Å². The summed E-state index contributed by atoms with van der Waals surface area (Å²) in [5.41, 5.74) is 1.85. The van der Waals surface area contributed by atoms with Crippen molar-refractivity contribution in [1.29, 1.82) is 0 Å². The molecule has 1 heterocycles. The lowest BCUT2D eigenvalue weighted by Gasteiger charge is -2.21. The van der Waals surface area contributed by atoms with Gasteiger partial charge in [-0.3, -0.25) is 4.79 Å². The second-order valence-electron chi connectivity index (χ2n) is 6.34. The topological polar surface area (TPSA) is 101 Å². The van der Waals surface area contributed by atoms with Gasteiger partial charge in [-0.1, -0.05) is 13.0 Å². The van der Waals surface area contributed by atoms with Gasteiger partial charge in [0.25, 0.3) is 0 Å². The number of hydrogen-bond acceptors (Lipinski definition) is 5. The van der Waals surface area contributed by atoms with Crippen molar-refractivity contribution in [2.75, 3.05) is 24.6 Å². The van der Waals surface area contributed by atoms with Crippen molar-refractivity contribution in [3.8, 4) is 0 Å². The van der Waals surface area contributed by atoms with E-state index in [1.807, 2.05) is 13.8 Å². The molecule has 140 valence electrons. The summed E-state index contributed by atoms with van der Waals surface area (Å²) < 4.78 is 49.5. The summed E-state index contributed by atoms with van der Waals surface area (Å²) in [6.45, 7) is 5.20. The average molecular weight is 389 g/mol. The van der Waals surface area contributed by atoms with Crippen molar-refractivity contribution < 1.29 is 21.6 Å². The van der Waals surface area contributed by atoms with Crippen LogP contribution in [-0.4, -0.2) is 57.7 Å². The predicted molar refractivity (Wildman–Crippen MR) is 95.6 cm³/mol. The third-order valence-electron chi connectivity index (χ3n) is 4.39. The minimum absolute atomic E-state index is 0.0520. The Morgan fingerprint density at radius 3 is 2.48 bits per heavy atom. The number of benzene rings is 1. The number of hydrogen-bond donors (Lipinski definition) is 1. The molecular formula is C16H24N2O5S2. The van der Waals surface area contributed by atoms with Gasteiger partial charge in [0.15, 0.2) is 9.84 Å². The molecule has 0 saturated carbocycles. The van der Waals surface area contributed by atoms with Gasteiger partial charge >= 0.3 is 0 Å². The normalized spacial score (nSPS) is 19.9. The van der Waals surface area contributed by atoms with Crippen LogP contribution in [-0.2, 0) is 24.7 Å². The van der Waals surface area contributed by atoms with Crippen LogP contribution >= 0.6 is 0 Å². The molecule has 1 aromatic rings. The van der Waals surface area contributed by atoms with Gasteiger partial charge in [-0.05, 0) is 43.5 Å². The molecule has 1 aliphatic rings. The van der Waals surface area contributed by atoms with Crippen LogP contribution in [0.2, 0.25) is 0 Å². The van der Waals surface area contributed by atoms with Crippen LogP contribution in [0.5, 0.6) is 0 Å². The van der Waals surface area contributed by atoms with Crippen molar-refractivity contribution in [2.45, 2.75) is 38.1 Å². The highest BCUT2D eigenvalue weighted by Crippen LogP contribution is 2.19. The van der Waals surface area contributed by atoms with E-state index in [0.29, 0.717) is 6.42 Å². The molecule has 1 aromatic carbocycles. The van der Waals surface area contributed by atoms with Crippen molar-refractivity contribution in [2.24, 2.45) is 0 Å². The quantitative estimate of drug-likeness (QED) is 0.770. The second-order valence-corrected chi connectivity index (χ2v) is 10.5. The minimum atomic E-state index is -3.79. The first-order chi connectivity index (χ1) is 11.5. The molecule has 0 aromatic heterocycles. The molecule has 0 bridgehead atoms. The highest BCUT2D eigenvalue weighted by Gasteiger charge is 2.31. The van der Waals surface area contributed by atoms with E-state index in [1.165, 1.54) is 6.07 Å². The summed E-state index contributed by atoms with van der Waals surface area (Å²) in [4.78, 5) is 12.3. The van der Waals surface area contributed by atoms with E-state index in [4.69, 9.17) is 0 Å². The Balaban J connectivity index is 2.10. The first-order valence-corrected chi connectivity index (χ1v) is 11.4. The predicted octanol–water partition coefficient (Wildman–Crippen LogP) is 0.617. The lowest BCUT2D eigenvalue weighted by atomic mass is 10.1. The van der Waals surface area contributed by atoms with Crippen molar-refractivity contribution in [3.05, 3.63) is 29.3 Å². The number of sulfonamides is 1. The van der Waals surface area contributed by atoms with Crippen molar-refractivity contribution >= 4 is 25.8 Å². The fraction of sp³-hybridized carbons (Fsp3) is 0.562. The molecule has 0 aliphatic carbocycles. The number of amides is 1. The summed E-state index contributed by atoms with van der Waals surface area (Å²) in [5, 5.41) is 2.62. The standard InChI is InChI=1S/C16H24N2O5S2/c1-4-18(10-16(19)17-14-7-8-24(20,21)11-14)25(22,23)15-6-5-12(2)13(3)9-15/h5-6,9,14H,4,7-8,10-11H2,1-3H3,(H,17,19)/t14-/m0/s1. The summed E-state index contributed by atoms with van der Waals surface area (Å²) in [7, 11) is -6.89. The van der Waals surface area contributed by atoms with Gasteiger partial charge in [0.05, 0.1) is 22.9 Å². The molecule has 1 fully saturated rings. The van der Waals surface area contributed by atoms with E-state index >= 15 is 0 Å². The summed E-state index contributed by atoms with van der Waals surface area (Å²) in [5.74, 6) is -0.526. The molecule has 7 nitrogen and oxygen atoms in total. The Morgan fingerprint density at radius 2 is 1.96 bits per heavy atom. The fourth-order valence-electron chi connectivity index (χ4n) is 2.73. The van der Waals surface area contributed by atoms with E-state index < -0.39 is 31.8 Å². The van der Waals surface area contributed by atoms with Crippen LogP contribution in [0.4, 0.5) is 0 Å². The van der Waals surface area contributed by atoms with Gasteiger partial charge in [0.1, 0.15) is 0 Å². The molecule has 0 spiro atoms. The Morgan fingerprint density at radius 1 is 1.28 bits per heavy atom. The molecule has 25 heavy (non-hydrogen) atoms. The highest BCUT2D eigenvalue weighted by molar-refractivity contribution is 7.91. The number of likely N-dealkylation sites (N-methyl/N-ethyl adjacent to an activating group) is 1. The number of rotatable bonds is 6. The zero-order valence-corrected chi connectivity index (χ0v) is 16.3. The molecular weight excluding hydrogens is 364 g/mol. The first-order valence-electron chi connectivity index (χ1n) is 8.12. The average Bonchev–Trinajstić information content (AvgIpc) is 2.85. The van der Waals surface area contributed by atoms with Gasteiger partial charge < -0.3 is 5.32 Å². The van der Waals surface area contributed by atoms with E-state index in [9.17, 15) is 21.6 Å². The van der Waals surface area contributed by atoms with Gasteiger partial charge in [-0.2, -0.15) is 4.31 Å². The Hall–Kier alpha value is -1.45. The number of carbonyl (C=O) groups excluding carboxylic acids is 1. The minimum Gasteiger partial charge on any atom is -0.351 e. The summed E-state index contributed by atoms with van der Waals surface area (Å²) in [6.07, 6.45) is 0.365. The van der Waals surface area contributed by atoms with Crippen LogP contribution in [0, 0.1) is 13.8 Å². The summed E-state index contributed by atoms with van der Waals surface area (Å²) >= 11 is 0. The lowest BCUT2D eigenvalue weighted by Crippen LogP contribution is -2.44. The van der Waals surface area contributed by atoms with E-state index in [-0.39, 0.29) is 29.5 Å². The number of carbonyl (C=O) groups is 1. The molecule has 0 radical (unpaired) electrons. The molecule has 2 rings (SSSR count). The zero-order valence-electron chi connectivity index (χ0n) is 14.6. The molecule has 1 aliphatic heterocycles. The maximum absolute atomic E-state index is 12.8. The zero-order chi connectivity index (χ0) is 18.8. The van der Waals surface area contributed by atoms with Gasteiger partial charge in [0, 0.05) is 12.6 Å². The van der Waals surface area contributed by atoms with Gasteiger partial charge in [0.2, 0.25) is 15.9 Å². The molecule has 0 unspecified atom stereocenters. The van der Waals surface area contributed by atoms with Crippen LogP contribution < -0.4 is 5.32 Å². The number of nitrogens with zero attached hydrogens (tertiary/aromatic N) is 1. The monoisotopic (exact) mass is 388 g/mol. The van der Waals surface area contributed by atoms with Crippen LogP contribution in [0.15, 0.2) is 23.1 Å². The van der Waals surface area contributed by atoms with Crippen molar-refractivity contribution in [1.82, 2.24) is 9.62 Å². The largest absolute Gasteiger partial charge is 0.351 e. The van der Waals surface area contributed by atoms with Crippen molar-refractivity contribution in [3.63, 3.8) is 0 Å². The second kappa shape index (κ2) is 7.43. The SMILES string of the molecule is CCN(CC(=O)N[C@H]1CCS(=O)(=O)C1)S(=O)(=O)c1ccc(C)c(C)c1. The molecule has 1 N–H and O–H groups in total. The number of nitrogens with one attached hydrogen (secondary N) is 1. The van der Waals surface area contributed by atoms with Crippen LogP contribution in [0.1, 0.15) is 24.5 Å². The Kier molecular flexibility index (Phi) is 5.90. The maximum atomic E-state index is 12.8. The van der Waals surface area contributed by atoms with Gasteiger partial charge in [-0.15, -0.1) is 0 Å². The van der Waals surface area contributed by atoms with E-state index in [2.05, 4.69) is 5.32 Å².